The summed E-state index contributed by atoms with van der Waals surface area (Å²) in [4.78, 5) is 20.9. The Morgan fingerprint density at radius 1 is 1.29 bits per heavy atom. The van der Waals surface area contributed by atoms with Crippen LogP contribution < -0.4 is 0 Å². The maximum absolute atomic E-state index is 12.2. The van der Waals surface area contributed by atoms with Crippen LogP contribution in [0.25, 0.3) is 0 Å². The quantitative estimate of drug-likeness (QED) is 0.828. The van der Waals surface area contributed by atoms with Gasteiger partial charge in [-0.1, -0.05) is 6.07 Å². The summed E-state index contributed by atoms with van der Waals surface area (Å²) in [6.45, 7) is 9.75. The molecule has 1 aromatic rings. The maximum atomic E-state index is 12.2. The summed E-state index contributed by atoms with van der Waals surface area (Å²) in [5, 5.41) is 0. The molecule has 116 valence electrons. The fourth-order valence-corrected chi connectivity index (χ4v) is 2.72. The molecule has 0 spiro atoms. The Labute approximate surface area is 126 Å². The van der Waals surface area contributed by atoms with Gasteiger partial charge in [-0.2, -0.15) is 0 Å². The minimum Gasteiger partial charge on any atom is -0.369 e. The number of rotatable bonds is 5. The molecule has 1 fully saturated rings. The predicted octanol–water partition coefficient (Wildman–Crippen LogP) is 1.71. The number of hydrogen-bond donors (Lipinski definition) is 0. The fraction of sp³-hybridized carbons (Fsp3) is 0.625. The molecule has 0 bridgehead atoms. The van der Waals surface area contributed by atoms with Gasteiger partial charge in [0.05, 0.1) is 5.69 Å². The number of aromatic nitrogens is 1. The number of pyridine rings is 1. The van der Waals surface area contributed by atoms with Gasteiger partial charge in [0.1, 0.15) is 6.10 Å². The van der Waals surface area contributed by atoms with E-state index >= 15 is 0 Å². The molecule has 0 N–H and O–H groups in total. The summed E-state index contributed by atoms with van der Waals surface area (Å²) >= 11 is 0. The van der Waals surface area contributed by atoms with E-state index in [1.165, 1.54) is 0 Å². The summed E-state index contributed by atoms with van der Waals surface area (Å²) in [7, 11) is 0. The Kier molecular flexibility index (Phi) is 5.70. The highest BCUT2D eigenvalue weighted by molar-refractivity contribution is 5.80. The van der Waals surface area contributed by atoms with Crippen molar-refractivity contribution in [1.82, 2.24) is 14.8 Å². The summed E-state index contributed by atoms with van der Waals surface area (Å²) in [6.07, 6.45) is 1.49. The topological polar surface area (TPSA) is 45.7 Å². The number of nitrogens with zero attached hydrogens (tertiary/aromatic N) is 3. The van der Waals surface area contributed by atoms with Gasteiger partial charge in [-0.15, -0.1) is 0 Å². The molecule has 2 rings (SSSR count). The van der Waals surface area contributed by atoms with E-state index in [2.05, 4.69) is 22.9 Å². The second kappa shape index (κ2) is 7.52. The first-order valence-corrected chi connectivity index (χ1v) is 7.68. The number of carbonyl (C=O) groups is 1. The van der Waals surface area contributed by atoms with Crippen molar-refractivity contribution in [3.05, 3.63) is 30.1 Å². The predicted molar refractivity (Wildman–Crippen MR) is 81.9 cm³/mol. The zero-order valence-corrected chi connectivity index (χ0v) is 13.2. The fourth-order valence-electron chi connectivity index (χ4n) is 2.72. The average molecular weight is 291 g/mol. The minimum atomic E-state index is -0.338. The molecule has 5 heteroatoms. The molecule has 1 aliphatic heterocycles. The van der Waals surface area contributed by atoms with Gasteiger partial charge < -0.3 is 9.64 Å². The summed E-state index contributed by atoms with van der Waals surface area (Å²) in [5.41, 5.74) is 1.08. The highest BCUT2D eigenvalue weighted by Crippen LogP contribution is 2.19. The lowest BCUT2D eigenvalue weighted by Gasteiger charge is -2.38. The van der Waals surface area contributed by atoms with Gasteiger partial charge >= 0.3 is 0 Å². The zero-order valence-electron chi connectivity index (χ0n) is 13.2. The van der Waals surface area contributed by atoms with Crippen molar-refractivity contribution >= 4 is 5.91 Å². The molecule has 5 nitrogen and oxygen atoms in total. The zero-order chi connectivity index (χ0) is 15.2. The van der Waals surface area contributed by atoms with Gasteiger partial charge in [0.25, 0.3) is 5.91 Å². The van der Waals surface area contributed by atoms with Crippen molar-refractivity contribution < 1.29 is 9.53 Å². The third kappa shape index (κ3) is 4.02. The molecule has 0 unspecified atom stereocenters. The number of piperazine rings is 1. The summed E-state index contributed by atoms with van der Waals surface area (Å²) in [6, 6.07) is 6.29. The second-order valence-electron chi connectivity index (χ2n) is 5.39. The van der Waals surface area contributed by atoms with Crippen molar-refractivity contribution in [2.75, 3.05) is 32.8 Å². The largest absolute Gasteiger partial charge is 0.369 e. The minimum absolute atomic E-state index is 0.0991. The molecule has 1 aromatic heterocycles. The highest BCUT2D eigenvalue weighted by Gasteiger charge is 2.27. The van der Waals surface area contributed by atoms with E-state index < -0.39 is 0 Å². The first kappa shape index (κ1) is 15.9. The summed E-state index contributed by atoms with van der Waals surface area (Å²) < 4.78 is 5.39. The van der Waals surface area contributed by atoms with Crippen molar-refractivity contribution in [2.24, 2.45) is 0 Å². The van der Waals surface area contributed by atoms with Crippen LogP contribution in [-0.4, -0.2) is 59.6 Å². The monoisotopic (exact) mass is 291 g/mol. The van der Waals surface area contributed by atoms with Gasteiger partial charge in [-0.05, 0) is 32.9 Å². The Bertz CT molecular complexity index is 444. The average Bonchev–Trinajstić information content (AvgIpc) is 2.54. The Balaban J connectivity index is 1.87. The van der Waals surface area contributed by atoms with Crippen LogP contribution in [0.15, 0.2) is 24.4 Å². The third-order valence-corrected chi connectivity index (χ3v) is 4.05. The SMILES string of the molecule is CCO[C@@H](C)C(=O)N1CCN([C@@H](C)c2ccccn2)CC1. The van der Waals surface area contributed by atoms with E-state index in [-0.39, 0.29) is 18.1 Å². The molecule has 0 saturated carbocycles. The van der Waals surface area contributed by atoms with Crippen molar-refractivity contribution in [3.8, 4) is 0 Å². The van der Waals surface area contributed by atoms with Gasteiger partial charge in [-0.3, -0.25) is 14.7 Å². The Morgan fingerprint density at radius 3 is 2.57 bits per heavy atom. The maximum Gasteiger partial charge on any atom is 0.251 e. The molecule has 0 aliphatic carbocycles. The molecule has 1 amide bonds. The van der Waals surface area contributed by atoms with E-state index in [4.69, 9.17) is 4.74 Å². The Hall–Kier alpha value is -1.46. The van der Waals surface area contributed by atoms with Crippen LogP contribution in [0.1, 0.15) is 32.5 Å². The van der Waals surface area contributed by atoms with Crippen LogP contribution in [-0.2, 0) is 9.53 Å². The second-order valence-corrected chi connectivity index (χ2v) is 5.39. The first-order chi connectivity index (χ1) is 10.1. The molecule has 1 aliphatic rings. The normalized spacial score (nSPS) is 19.3. The highest BCUT2D eigenvalue weighted by atomic mass is 16.5. The van der Waals surface area contributed by atoms with Crippen LogP contribution >= 0.6 is 0 Å². The van der Waals surface area contributed by atoms with E-state index in [1.807, 2.05) is 37.1 Å². The lowest BCUT2D eigenvalue weighted by atomic mass is 10.1. The molecule has 0 radical (unpaired) electrons. The first-order valence-electron chi connectivity index (χ1n) is 7.68. The number of ether oxygens (including phenoxy) is 1. The van der Waals surface area contributed by atoms with Crippen molar-refractivity contribution in [2.45, 2.75) is 32.9 Å². The molecule has 1 saturated heterocycles. The molecule has 2 heterocycles. The standard InChI is InChI=1S/C16H25N3O2/c1-4-21-14(3)16(20)19-11-9-18(10-12-19)13(2)15-7-5-6-8-17-15/h5-8,13-14H,4,9-12H2,1-3H3/t13-,14-/m0/s1. The van der Waals surface area contributed by atoms with Gasteiger partial charge in [-0.25, -0.2) is 0 Å². The number of amides is 1. The molecular weight excluding hydrogens is 266 g/mol. The van der Waals surface area contributed by atoms with Gasteiger partial charge in [0.15, 0.2) is 0 Å². The van der Waals surface area contributed by atoms with Crippen LogP contribution in [0.3, 0.4) is 0 Å². The van der Waals surface area contributed by atoms with Crippen LogP contribution in [0.5, 0.6) is 0 Å². The van der Waals surface area contributed by atoms with E-state index in [9.17, 15) is 4.79 Å². The van der Waals surface area contributed by atoms with E-state index in [1.54, 1.807) is 0 Å². The van der Waals surface area contributed by atoms with Crippen molar-refractivity contribution in [1.29, 1.82) is 0 Å². The third-order valence-electron chi connectivity index (χ3n) is 4.05. The van der Waals surface area contributed by atoms with Crippen LogP contribution in [0.2, 0.25) is 0 Å². The molecule has 0 aromatic carbocycles. The number of hydrogen-bond acceptors (Lipinski definition) is 4. The summed E-state index contributed by atoms with van der Waals surface area (Å²) in [5.74, 6) is 0.0991. The van der Waals surface area contributed by atoms with Crippen molar-refractivity contribution in [3.63, 3.8) is 0 Å². The molecular formula is C16H25N3O2. The van der Waals surface area contributed by atoms with Gasteiger partial charge in [0.2, 0.25) is 0 Å². The molecule has 2 atom stereocenters. The smallest absolute Gasteiger partial charge is 0.251 e. The van der Waals surface area contributed by atoms with E-state index in [0.29, 0.717) is 6.61 Å². The van der Waals surface area contributed by atoms with Crippen LogP contribution in [0.4, 0.5) is 0 Å². The molecule has 21 heavy (non-hydrogen) atoms. The lowest BCUT2D eigenvalue weighted by molar-refractivity contribution is -0.144. The lowest BCUT2D eigenvalue weighted by Crippen LogP contribution is -2.51. The number of carbonyl (C=O) groups excluding carboxylic acids is 1. The van der Waals surface area contributed by atoms with E-state index in [0.717, 1.165) is 31.9 Å². The van der Waals surface area contributed by atoms with Crippen LogP contribution in [0, 0.1) is 0 Å². The Morgan fingerprint density at radius 2 is 2.00 bits per heavy atom. The van der Waals surface area contributed by atoms with Gasteiger partial charge in [0, 0.05) is 45.0 Å².